The fourth-order valence-electron chi connectivity index (χ4n) is 3.24. The molecule has 1 unspecified atom stereocenters. The SMILES string of the molecule is CCOc1ccc(-c2csc(NC(=O)c3ccn(C4CCCNC4)n3)n2)cc1. The third-order valence-electron chi connectivity index (χ3n) is 4.67. The van der Waals surface area contributed by atoms with Gasteiger partial charge in [-0.25, -0.2) is 4.98 Å². The number of piperidine rings is 1. The highest BCUT2D eigenvalue weighted by Crippen LogP contribution is 2.27. The van der Waals surface area contributed by atoms with E-state index in [0.717, 1.165) is 42.9 Å². The molecular formula is C20H23N5O2S. The maximum Gasteiger partial charge on any atom is 0.277 e. The van der Waals surface area contributed by atoms with Crippen molar-refractivity contribution in [3.63, 3.8) is 0 Å². The van der Waals surface area contributed by atoms with Crippen LogP contribution in [-0.2, 0) is 0 Å². The molecule has 7 nitrogen and oxygen atoms in total. The van der Waals surface area contributed by atoms with Crippen LogP contribution in [0.5, 0.6) is 5.75 Å². The molecule has 2 N–H and O–H groups in total. The van der Waals surface area contributed by atoms with Gasteiger partial charge in [0.05, 0.1) is 18.3 Å². The third kappa shape index (κ3) is 4.23. The number of nitrogens with zero attached hydrogens (tertiary/aromatic N) is 3. The van der Waals surface area contributed by atoms with E-state index in [9.17, 15) is 4.79 Å². The summed E-state index contributed by atoms with van der Waals surface area (Å²) < 4.78 is 7.34. The monoisotopic (exact) mass is 397 g/mol. The summed E-state index contributed by atoms with van der Waals surface area (Å²) in [6.45, 7) is 4.53. The molecular weight excluding hydrogens is 374 g/mol. The van der Waals surface area contributed by atoms with E-state index in [1.807, 2.05) is 47.4 Å². The molecule has 0 aliphatic carbocycles. The largest absolute Gasteiger partial charge is 0.494 e. The van der Waals surface area contributed by atoms with Crippen LogP contribution >= 0.6 is 11.3 Å². The van der Waals surface area contributed by atoms with E-state index in [4.69, 9.17) is 4.74 Å². The molecule has 1 fully saturated rings. The Kier molecular flexibility index (Phi) is 5.68. The van der Waals surface area contributed by atoms with Gasteiger partial charge in [-0.05, 0) is 56.6 Å². The normalized spacial score (nSPS) is 16.7. The van der Waals surface area contributed by atoms with Gasteiger partial charge in [-0.1, -0.05) is 0 Å². The summed E-state index contributed by atoms with van der Waals surface area (Å²) >= 11 is 1.40. The Bertz CT molecular complexity index is 928. The Balaban J connectivity index is 1.40. The average molecular weight is 398 g/mol. The first-order valence-corrected chi connectivity index (χ1v) is 10.4. The summed E-state index contributed by atoms with van der Waals surface area (Å²) in [4.78, 5) is 17.0. The number of hydrogen-bond acceptors (Lipinski definition) is 6. The molecule has 1 aromatic carbocycles. The summed E-state index contributed by atoms with van der Waals surface area (Å²) in [7, 11) is 0. The Morgan fingerprint density at radius 2 is 2.21 bits per heavy atom. The lowest BCUT2D eigenvalue weighted by molar-refractivity contribution is 0.102. The number of thiazole rings is 1. The second-order valence-electron chi connectivity index (χ2n) is 6.63. The van der Waals surface area contributed by atoms with Gasteiger partial charge < -0.3 is 10.1 Å². The summed E-state index contributed by atoms with van der Waals surface area (Å²) in [6.07, 6.45) is 4.08. The molecule has 2 aromatic heterocycles. The predicted molar refractivity (Wildman–Crippen MR) is 110 cm³/mol. The summed E-state index contributed by atoms with van der Waals surface area (Å²) in [5.41, 5.74) is 2.21. The second kappa shape index (κ2) is 8.53. The van der Waals surface area contributed by atoms with Gasteiger partial charge in [-0.15, -0.1) is 11.3 Å². The van der Waals surface area contributed by atoms with Crippen LogP contribution in [0.2, 0.25) is 0 Å². The summed E-state index contributed by atoms with van der Waals surface area (Å²) in [5, 5.41) is 13.1. The number of ether oxygens (including phenoxy) is 1. The molecule has 3 aromatic rings. The van der Waals surface area contributed by atoms with Crippen molar-refractivity contribution in [2.45, 2.75) is 25.8 Å². The number of amides is 1. The van der Waals surface area contributed by atoms with E-state index in [1.54, 1.807) is 6.07 Å². The van der Waals surface area contributed by atoms with E-state index in [2.05, 4.69) is 20.7 Å². The molecule has 1 saturated heterocycles. The van der Waals surface area contributed by atoms with Crippen LogP contribution in [0.1, 0.15) is 36.3 Å². The molecule has 1 aliphatic rings. The van der Waals surface area contributed by atoms with Crippen LogP contribution in [-0.4, -0.2) is 40.4 Å². The van der Waals surface area contributed by atoms with Gasteiger partial charge in [0.25, 0.3) is 5.91 Å². The van der Waals surface area contributed by atoms with Crippen molar-refractivity contribution in [3.05, 3.63) is 47.6 Å². The molecule has 1 aliphatic heterocycles. The summed E-state index contributed by atoms with van der Waals surface area (Å²) in [5.74, 6) is 0.592. The smallest absolute Gasteiger partial charge is 0.277 e. The van der Waals surface area contributed by atoms with Crippen LogP contribution in [0.3, 0.4) is 0 Å². The van der Waals surface area contributed by atoms with Crippen LogP contribution in [0.4, 0.5) is 5.13 Å². The fraction of sp³-hybridized carbons (Fsp3) is 0.350. The Labute approximate surface area is 167 Å². The lowest BCUT2D eigenvalue weighted by atomic mass is 10.1. The number of rotatable bonds is 6. The highest BCUT2D eigenvalue weighted by atomic mass is 32.1. The van der Waals surface area contributed by atoms with Gasteiger partial charge in [0.1, 0.15) is 5.75 Å². The topological polar surface area (TPSA) is 81.1 Å². The van der Waals surface area contributed by atoms with E-state index < -0.39 is 0 Å². The van der Waals surface area contributed by atoms with Crippen molar-refractivity contribution >= 4 is 22.4 Å². The minimum absolute atomic E-state index is 0.241. The number of anilines is 1. The number of carbonyl (C=O) groups is 1. The van der Waals surface area contributed by atoms with Crippen LogP contribution in [0.25, 0.3) is 11.3 Å². The molecule has 0 bridgehead atoms. The number of aromatic nitrogens is 3. The van der Waals surface area contributed by atoms with Crippen molar-refractivity contribution in [1.29, 1.82) is 0 Å². The molecule has 1 atom stereocenters. The van der Waals surface area contributed by atoms with Gasteiger partial charge in [0.15, 0.2) is 10.8 Å². The first-order chi connectivity index (χ1) is 13.7. The highest BCUT2D eigenvalue weighted by molar-refractivity contribution is 7.14. The van der Waals surface area contributed by atoms with Gasteiger partial charge in [-0.2, -0.15) is 5.10 Å². The minimum Gasteiger partial charge on any atom is -0.494 e. The van der Waals surface area contributed by atoms with Crippen molar-refractivity contribution < 1.29 is 9.53 Å². The molecule has 0 spiro atoms. The van der Waals surface area contributed by atoms with Gasteiger partial charge in [-0.3, -0.25) is 14.8 Å². The highest BCUT2D eigenvalue weighted by Gasteiger charge is 2.18. The molecule has 1 amide bonds. The van der Waals surface area contributed by atoms with Crippen LogP contribution in [0, 0.1) is 0 Å². The van der Waals surface area contributed by atoms with E-state index in [1.165, 1.54) is 11.3 Å². The summed E-state index contributed by atoms with van der Waals surface area (Å²) in [6, 6.07) is 9.83. The van der Waals surface area contributed by atoms with Crippen LogP contribution < -0.4 is 15.4 Å². The third-order valence-corrected chi connectivity index (χ3v) is 5.43. The molecule has 3 heterocycles. The first-order valence-electron chi connectivity index (χ1n) is 9.49. The van der Waals surface area contributed by atoms with Crippen molar-refractivity contribution in [1.82, 2.24) is 20.1 Å². The van der Waals surface area contributed by atoms with Gasteiger partial charge in [0.2, 0.25) is 0 Å². The average Bonchev–Trinajstić information content (AvgIpc) is 3.39. The molecule has 8 heteroatoms. The van der Waals surface area contributed by atoms with E-state index in [-0.39, 0.29) is 5.91 Å². The second-order valence-corrected chi connectivity index (χ2v) is 7.49. The number of nitrogens with one attached hydrogen (secondary N) is 2. The van der Waals surface area contributed by atoms with Gasteiger partial charge in [0, 0.05) is 23.7 Å². The fourth-order valence-corrected chi connectivity index (χ4v) is 3.95. The van der Waals surface area contributed by atoms with Crippen molar-refractivity contribution in [2.24, 2.45) is 0 Å². The number of hydrogen-bond donors (Lipinski definition) is 2. The molecule has 146 valence electrons. The molecule has 28 heavy (non-hydrogen) atoms. The maximum absolute atomic E-state index is 12.5. The number of carbonyl (C=O) groups excluding carboxylic acids is 1. The van der Waals surface area contributed by atoms with E-state index in [0.29, 0.717) is 23.5 Å². The van der Waals surface area contributed by atoms with Crippen molar-refractivity contribution in [3.8, 4) is 17.0 Å². The van der Waals surface area contributed by atoms with Crippen molar-refractivity contribution in [2.75, 3.05) is 25.0 Å². The Morgan fingerprint density at radius 3 is 2.96 bits per heavy atom. The quantitative estimate of drug-likeness (QED) is 0.664. The van der Waals surface area contributed by atoms with E-state index >= 15 is 0 Å². The lowest BCUT2D eigenvalue weighted by Crippen LogP contribution is -2.32. The predicted octanol–water partition coefficient (Wildman–Crippen LogP) is 3.58. The minimum atomic E-state index is -0.241. The zero-order valence-electron chi connectivity index (χ0n) is 15.7. The van der Waals surface area contributed by atoms with Crippen LogP contribution in [0.15, 0.2) is 41.9 Å². The molecule has 0 saturated carbocycles. The molecule has 0 radical (unpaired) electrons. The number of benzene rings is 1. The maximum atomic E-state index is 12.5. The lowest BCUT2D eigenvalue weighted by Gasteiger charge is -2.22. The standard InChI is InChI=1S/C20H23N5O2S/c1-2-27-16-7-5-14(6-8-16)18-13-28-20(22-18)23-19(26)17-9-11-25(24-17)15-4-3-10-21-12-15/h5-9,11,13,15,21H,2-4,10,12H2,1H3,(H,22,23,26). The first kappa shape index (κ1) is 18.6. The van der Waals surface area contributed by atoms with Gasteiger partial charge >= 0.3 is 0 Å². The Hall–Kier alpha value is -2.71. The zero-order valence-corrected chi connectivity index (χ0v) is 16.5. The zero-order chi connectivity index (χ0) is 19.3. The molecule has 4 rings (SSSR count). The Morgan fingerprint density at radius 1 is 1.36 bits per heavy atom.